The number of benzene rings is 1. The van der Waals surface area contributed by atoms with Crippen LogP contribution in [0.4, 0.5) is 5.82 Å². The van der Waals surface area contributed by atoms with Crippen LogP contribution in [-0.2, 0) is 4.79 Å². The van der Waals surface area contributed by atoms with Crippen LogP contribution in [0.15, 0.2) is 42.7 Å². The van der Waals surface area contributed by atoms with Gasteiger partial charge in [0, 0.05) is 37.1 Å². The Morgan fingerprint density at radius 2 is 1.97 bits per heavy atom. The van der Waals surface area contributed by atoms with E-state index in [2.05, 4.69) is 15.2 Å². The minimum Gasteiger partial charge on any atom is -0.354 e. The highest BCUT2D eigenvalue weighted by Gasteiger charge is 2.29. The lowest BCUT2D eigenvalue weighted by Gasteiger charge is -2.33. The molecule has 1 aliphatic carbocycles. The van der Waals surface area contributed by atoms with E-state index in [-0.39, 0.29) is 11.8 Å². The molecule has 6 nitrogen and oxygen atoms in total. The molecule has 5 rings (SSSR count). The van der Waals surface area contributed by atoms with Crippen LogP contribution in [0.1, 0.15) is 38.5 Å². The van der Waals surface area contributed by atoms with Gasteiger partial charge in [0.15, 0.2) is 5.82 Å². The van der Waals surface area contributed by atoms with Crippen LogP contribution in [0.3, 0.4) is 0 Å². The second-order valence-corrected chi connectivity index (χ2v) is 8.77. The Hall–Kier alpha value is -2.60. The van der Waals surface area contributed by atoms with E-state index in [1.165, 1.54) is 12.8 Å². The van der Waals surface area contributed by atoms with E-state index in [4.69, 9.17) is 16.7 Å². The van der Waals surface area contributed by atoms with Crippen molar-refractivity contribution in [1.82, 2.24) is 19.9 Å². The zero-order chi connectivity index (χ0) is 20.5. The number of amides is 1. The fourth-order valence-electron chi connectivity index (χ4n) is 4.73. The first-order chi connectivity index (χ1) is 14.7. The largest absolute Gasteiger partial charge is 0.354 e. The van der Waals surface area contributed by atoms with Gasteiger partial charge in [-0.1, -0.05) is 42.6 Å². The van der Waals surface area contributed by atoms with Crippen LogP contribution in [0.25, 0.3) is 16.8 Å². The topological polar surface area (TPSA) is 62.5 Å². The lowest BCUT2D eigenvalue weighted by molar-refractivity contribution is -0.125. The van der Waals surface area contributed by atoms with Crippen LogP contribution < -0.4 is 10.2 Å². The number of aromatic nitrogens is 3. The maximum atomic E-state index is 12.8. The molecule has 3 heterocycles. The minimum atomic E-state index is 0.00682. The molecule has 2 fully saturated rings. The average Bonchev–Trinajstić information content (AvgIpc) is 3.43. The summed E-state index contributed by atoms with van der Waals surface area (Å²) in [6, 6.07) is 10.1. The Kier molecular flexibility index (Phi) is 5.34. The summed E-state index contributed by atoms with van der Waals surface area (Å²) in [5.41, 5.74) is 2.66. The summed E-state index contributed by atoms with van der Waals surface area (Å²) in [5, 5.41) is 8.66. The molecule has 1 saturated carbocycles. The zero-order valence-corrected chi connectivity index (χ0v) is 17.7. The second kappa shape index (κ2) is 8.26. The number of hydrogen-bond acceptors (Lipinski definition) is 4. The standard InChI is InChI=1S/C23H26ClN5O/c24-19-10-4-3-9-18(19)20-14-21-22(25-11-13-29(21)27-20)28-12-5-6-16(15-28)23(30)26-17-7-1-2-8-17/h3-4,9-11,13-14,16-17H,1-2,5-8,12,15H2,(H,26,30). The molecule has 1 aliphatic heterocycles. The van der Waals surface area contributed by atoms with Gasteiger partial charge in [0.1, 0.15) is 5.52 Å². The van der Waals surface area contributed by atoms with Gasteiger partial charge in [0.05, 0.1) is 16.6 Å². The predicted octanol–water partition coefficient (Wildman–Crippen LogP) is 4.32. The van der Waals surface area contributed by atoms with Crippen molar-refractivity contribution in [2.75, 3.05) is 18.0 Å². The van der Waals surface area contributed by atoms with Crippen molar-refractivity contribution in [3.63, 3.8) is 0 Å². The van der Waals surface area contributed by atoms with Gasteiger partial charge in [0.2, 0.25) is 5.91 Å². The fourth-order valence-corrected chi connectivity index (χ4v) is 4.96. The van der Waals surface area contributed by atoms with Crippen LogP contribution in [0.2, 0.25) is 5.02 Å². The Morgan fingerprint density at radius 1 is 1.13 bits per heavy atom. The summed E-state index contributed by atoms with van der Waals surface area (Å²) in [7, 11) is 0. The van der Waals surface area contributed by atoms with Crippen LogP contribution in [0, 0.1) is 5.92 Å². The number of carbonyl (C=O) groups excluding carboxylic acids is 1. The maximum absolute atomic E-state index is 12.8. The summed E-state index contributed by atoms with van der Waals surface area (Å²) in [6.45, 7) is 1.59. The molecule has 1 aromatic carbocycles. The molecule has 1 amide bonds. The molecule has 2 aromatic heterocycles. The van der Waals surface area contributed by atoms with E-state index in [0.717, 1.165) is 54.8 Å². The lowest BCUT2D eigenvalue weighted by Crippen LogP contribution is -2.45. The summed E-state index contributed by atoms with van der Waals surface area (Å²) in [4.78, 5) is 19.7. The van der Waals surface area contributed by atoms with Crippen molar-refractivity contribution in [1.29, 1.82) is 0 Å². The lowest BCUT2D eigenvalue weighted by atomic mass is 9.96. The van der Waals surface area contributed by atoms with E-state index < -0.39 is 0 Å². The third kappa shape index (κ3) is 3.76. The van der Waals surface area contributed by atoms with Crippen molar-refractivity contribution >= 4 is 28.8 Å². The second-order valence-electron chi connectivity index (χ2n) is 8.37. The third-order valence-electron chi connectivity index (χ3n) is 6.31. The van der Waals surface area contributed by atoms with E-state index in [9.17, 15) is 4.79 Å². The highest BCUT2D eigenvalue weighted by Crippen LogP contribution is 2.31. The van der Waals surface area contributed by atoms with Gasteiger partial charge in [-0.3, -0.25) is 4.79 Å². The van der Waals surface area contributed by atoms with Gasteiger partial charge >= 0.3 is 0 Å². The van der Waals surface area contributed by atoms with E-state index in [1.54, 1.807) is 6.20 Å². The van der Waals surface area contributed by atoms with Gasteiger partial charge in [0.25, 0.3) is 0 Å². The monoisotopic (exact) mass is 423 g/mol. The first-order valence-corrected chi connectivity index (χ1v) is 11.2. The maximum Gasteiger partial charge on any atom is 0.225 e. The van der Waals surface area contributed by atoms with Crippen molar-refractivity contribution in [3.05, 3.63) is 47.7 Å². The van der Waals surface area contributed by atoms with Crippen molar-refractivity contribution in [2.24, 2.45) is 5.92 Å². The average molecular weight is 424 g/mol. The van der Waals surface area contributed by atoms with Crippen LogP contribution >= 0.6 is 11.6 Å². The Bertz CT molecular complexity index is 1060. The Labute approximate surface area is 181 Å². The molecule has 1 unspecified atom stereocenters. The molecule has 0 spiro atoms. The van der Waals surface area contributed by atoms with E-state index in [0.29, 0.717) is 17.6 Å². The van der Waals surface area contributed by atoms with E-state index in [1.807, 2.05) is 41.0 Å². The normalized spacial score (nSPS) is 20.0. The molecule has 30 heavy (non-hydrogen) atoms. The van der Waals surface area contributed by atoms with Gasteiger partial charge in [-0.25, -0.2) is 9.50 Å². The zero-order valence-electron chi connectivity index (χ0n) is 16.9. The summed E-state index contributed by atoms with van der Waals surface area (Å²) >= 11 is 6.38. The SMILES string of the molecule is O=C(NC1CCCC1)C1CCCN(c2nccn3nc(-c4ccccc4Cl)cc23)C1. The molecule has 3 aromatic rings. The molecule has 1 N–H and O–H groups in total. The van der Waals surface area contributed by atoms with Crippen molar-refractivity contribution < 1.29 is 4.79 Å². The number of nitrogens with one attached hydrogen (secondary N) is 1. The quantitative estimate of drug-likeness (QED) is 0.678. The third-order valence-corrected chi connectivity index (χ3v) is 6.64. The van der Waals surface area contributed by atoms with Gasteiger partial charge in [-0.15, -0.1) is 0 Å². The Morgan fingerprint density at radius 3 is 2.80 bits per heavy atom. The number of hydrogen-bond donors (Lipinski definition) is 1. The van der Waals surface area contributed by atoms with Gasteiger partial charge in [-0.05, 0) is 37.8 Å². The number of fused-ring (bicyclic) bond motifs is 1. The first kappa shape index (κ1) is 19.4. The number of piperidine rings is 1. The number of carbonyl (C=O) groups is 1. The number of halogens is 1. The van der Waals surface area contributed by atoms with E-state index >= 15 is 0 Å². The molecule has 2 aliphatic rings. The molecule has 1 atom stereocenters. The molecule has 7 heteroatoms. The highest BCUT2D eigenvalue weighted by molar-refractivity contribution is 6.33. The van der Waals surface area contributed by atoms with Crippen molar-refractivity contribution in [3.8, 4) is 11.3 Å². The number of anilines is 1. The van der Waals surface area contributed by atoms with Gasteiger partial charge < -0.3 is 10.2 Å². The number of nitrogens with zero attached hydrogens (tertiary/aromatic N) is 4. The summed E-state index contributed by atoms with van der Waals surface area (Å²) < 4.78 is 1.85. The molecule has 0 bridgehead atoms. The molecular formula is C23H26ClN5O. The van der Waals surface area contributed by atoms with Gasteiger partial charge in [-0.2, -0.15) is 5.10 Å². The van der Waals surface area contributed by atoms with Crippen LogP contribution in [-0.4, -0.2) is 39.6 Å². The Balaban J connectivity index is 1.40. The summed E-state index contributed by atoms with van der Waals surface area (Å²) in [6.07, 6.45) is 10.2. The molecule has 156 valence electrons. The summed E-state index contributed by atoms with van der Waals surface area (Å²) in [5.74, 6) is 1.08. The molecule has 1 saturated heterocycles. The smallest absolute Gasteiger partial charge is 0.225 e. The highest BCUT2D eigenvalue weighted by atomic mass is 35.5. The van der Waals surface area contributed by atoms with Crippen molar-refractivity contribution in [2.45, 2.75) is 44.6 Å². The molecule has 0 radical (unpaired) electrons. The molecular weight excluding hydrogens is 398 g/mol. The first-order valence-electron chi connectivity index (χ1n) is 10.8. The minimum absolute atomic E-state index is 0.00682. The predicted molar refractivity (Wildman–Crippen MR) is 119 cm³/mol. The number of rotatable bonds is 4. The fraction of sp³-hybridized carbons (Fsp3) is 0.435. The van der Waals surface area contributed by atoms with Crippen LogP contribution in [0.5, 0.6) is 0 Å².